The number of nitrogens with zero attached hydrogens (tertiary/aromatic N) is 1. The van der Waals surface area contributed by atoms with E-state index in [1.54, 1.807) is 30.3 Å². The Labute approximate surface area is 193 Å². The molecule has 0 aliphatic carbocycles. The summed E-state index contributed by atoms with van der Waals surface area (Å²) in [6.45, 7) is 4.88. The van der Waals surface area contributed by atoms with Crippen LogP contribution in [0, 0.1) is 0 Å². The van der Waals surface area contributed by atoms with Crippen molar-refractivity contribution in [1.82, 2.24) is 4.31 Å². The minimum Gasteiger partial charge on any atom is -0.489 e. The van der Waals surface area contributed by atoms with Crippen LogP contribution in [0.5, 0.6) is 5.75 Å². The Bertz CT molecular complexity index is 1160. The van der Waals surface area contributed by atoms with Gasteiger partial charge in [0.2, 0.25) is 21.8 Å². The molecule has 0 saturated carbocycles. The summed E-state index contributed by atoms with van der Waals surface area (Å²) < 4.78 is 38.7. The van der Waals surface area contributed by atoms with E-state index in [2.05, 4.69) is 10.6 Å². The van der Waals surface area contributed by atoms with Gasteiger partial charge in [0.05, 0.1) is 35.8 Å². The normalized spacial score (nSPS) is 19.0. The summed E-state index contributed by atoms with van der Waals surface area (Å²) in [7, 11) is -3.77. The van der Waals surface area contributed by atoms with Crippen LogP contribution in [0.1, 0.15) is 31.7 Å². The molecule has 1 atom stereocenters. The highest BCUT2D eigenvalue weighted by Crippen LogP contribution is 2.35. The Kier molecular flexibility index (Phi) is 6.68. The van der Waals surface area contributed by atoms with Gasteiger partial charge in [0.1, 0.15) is 5.75 Å². The van der Waals surface area contributed by atoms with Crippen molar-refractivity contribution in [1.29, 1.82) is 0 Å². The molecule has 4 rings (SSSR count). The summed E-state index contributed by atoms with van der Waals surface area (Å²) in [6.07, 6.45) is -0.196. The highest BCUT2D eigenvalue weighted by molar-refractivity contribution is 7.89. The predicted octanol–water partition coefficient (Wildman–Crippen LogP) is 2.56. The lowest BCUT2D eigenvalue weighted by molar-refractivity contribution is -0.123. The second-order valence-corrected chi connectivity index (χ2v) is 10.2. The standard InChI is InChI=1S/C23H27N3O6S/c1-15(2)32-21-8-7-16(33(29,30)26-9-11-31-12-10-26)13-20(21)25-23(28)18-14-22(27)24-19-6-4-3-5-17(18)19/h3-8,13,15,18H,9-12,14H2,1-2H3,(H,24,27)(H,25,28). The fourth-order valence-corrected chi connectivity index (χ4v) is 5.36. The number of benzene rings is 2. The fourth-order valence-electron chi connectivity index (χ4n) is 3.93. The van der Waals surface area contributed by atoms with Gasteiger partial charge in [-0.05, 0) is 43.7 Å². The zero-order valence-electron chi connectivity index (χ0n) is 18.5. The molecule has 0 aromatic heterocycles. The SMILES string of the molecule is CC(C)Oc1ccc(S(=O)(=O)N2CCOCC2)cc1NC(=O)C1CC(=O)Nc2ccccc21. The van der Waals surface area contributed by atoms with Crippen molar-refractivity contribution in [2.24, 2.45) is 0 Å². The molecule has 2 aliphatic rings. The third kappa shape index (κ3) is 5.02. The molecule has 9 nitrogen and oxygen atoms in total. The summed E-state index contributed by atoms with van der Waals surface area (Å²) in [6, 6.07) is 11.6. The molecule has 0 radical (unpaired) electrons. The molecule has 2 amide bonds. The van der Waals surface area contributed by atoms with Crippen LogP contribution >= 0.6 is 0 Å². The molecule has 1 saturated heterocycles. The van der Waals surface area contributed by atoms with E-state index in [1.165, 1.54) is 16.4 Å². The number of fused-ring (bicyclic) bond motifs is 1. The van der Waals surface area contributed by atoms with Crippen LogP contribution in [0.2, 0.25) is 0 Å². The molecule has 2 aliphatic heterocycles. The van der Waals surface area contributed by atoms with Gasteiger partial charge in [-0.3, -0.25) is 9.59 Å². The van der Waals surface area contributed by atoms with Gasteiger partial charge in [-0.2, -0.15) is 4.31 Å². The Hall–Kier alpha value is -2.95. The predicted molar refractivity (Wildman–Crippen MR) is 123 cm³/mol. The molecule has 2 heterocycles. The number of nitrogens with one attached hydrogen (secondary N) is 2. The van der Waals surface area contributed by atoms with Gasteiger partial charge < -0.3 is 20.1 Å². The number of sulfonamides is 1. The maximum Gasteiger partial charge on any atom is 0.243 e. The highest BCUT2D eigenvalue weighted by atomic mass is 32.2. The van der Waals surface area contributed by atoms with E-state index >= 15 is 0 Å². The maximum atomic E-state index is 13.3. The highest BCUT2D eigenvalue weighted by Gasteiger charge is 2.32. The first kappa shape index (κ1) is 23.2. The van der Waals surface area contributed by atoms with E-state index < -0.39 is 21.8 Å². The quantitative estimate of drug-likeness (QED) is 0.667. The molecule has 2 N–H and O–H groups in total. The minimum atomic E-state index is -3.77. The van der Waals surface area contributed by atoms with E-state index in [0.29, 0.717) is 30.2 Å². The number of morpholine rings is 1. The lowest BCUT2D eigenvalue weighted by atomic mass is 9.90. The smallest absolute Gasteiger partial charge is 0.243 e. The average molecular weight is 474 g/mol. The fraction of sp³-hybridized carbons (Fsp3) is 0.391. The molecule has 10 heteroatoms. The van der Waals surface area contributed by atoms with Crippen LogP contribution in [0.4, 0.5) is 11.4 Å². The van der Waals surface area contributed by atoms with Gasteiger partial charge >= 0.3 is 0 Å². The topological polar surface area (TPSA) is 114 Å². The van der Waals surface area contributed by atoms with Crippen molar-refractivity contribution in [3.63, 3.8) is 0 Å². The maximum absolute atomic E-state index is 13.3. The molecule has 1 unspecified atom stereocenters. The number of para-hydroxylation sites is 1. The molecule has 2 aromatic carbocycles. The van der Waals surface area contributed by atoms with Gasteiger partial charge in [0, 0.05) is 25.2 Å². The second kappa shape index (κ2) is 9.50. The molecule has 176 valence electrons. The number of ether oxygens (including phenoxy) is 2. The second-order valence-electron chi connectivity index (χ2n) is 8.22. The van der Waals surface area contributed by atoms with Crippen LogP contribution in [0.3, 0.4) is 0 Å². The van der Waals surface area contributed by atoms with E-state index in [1.807, 2.05) is 13.8 Å². The van der Waals surface area contributed by atoms with Crippen LogP contribution in [-0.2, 0) is 24.3 Å². The number of carbonyl (C=O) groups is 2. The summed E-state index contributed by atoms with van der Waals surface area (Å²) in [4.78, 5) is 25.5. The third-order valence-corrected chi connectivity index (χ3v) is 7.39. The van der Waals surface area contributed by atoms with Gasteiger partial charge in [0.15, 0.2) is 0 Å². The number of rotatable bonds is 6. The molecular formula is C23H27N3O6S. The molecule has 0 spiro atoms. The monoisotopic (exact) mass is 473 g/mol. The number of anilines is 2. The minimum absolute atomic E-state index is 0.00498. The van der Waals surface area contributed by atoms with Crippen LogP contribution in [0.25, 0.3) is 0 Å². The van der Waals surface area contributed by atoms with Crippen molar-refractivity contribution in [2.45, 2.75) is 37.2 Å². The first-order valence-corrected chi connectivity index (χ1v) is 12.3. The van der Waals surface area contributed by atoms with Gasteiger partial charge in [-0.15, -0.1) is 0 Å². The lowest BCUT2D eigenvalue weighted by Gasteiger charge is -2.27. The average Bonchev–Trinajstić information content (AvgIpc) is 2.79. The van der Waals surface area contributed by atoms with Crippen molar-refractivity contribution in [3.05, 3.63) is 48.0 Å². The van der Waals surface area contributed by atoms with Gasteiger partial charge in [-0.25, -0.2) is 8.42 Å². The third-order valence-electron chi connectivity index (χ3n) is 5.50. The van der Waals surface area contributed by atoms with Crippen LogP contribution in [-0.4, -0.2) is 56.9 Å². The zero-order valence-corrected chi connectivity index (χ0v) is 19.4. The first-order chi connectivity index (χ1) is 15.8. The Balaban J connectivity index is 1.66. The Morgan fingerprint density at radius 1 is 1.18 bits per heavy atom. The number of amides is 2. The number of hydrogen-bond donors (Lipinski definition) is 2. The van der Waals surface area contributed by atoms with Gasteiger partial charge in [0.25, 0.3) is 0 Å². The van der Waals surface area contributed by atoms with Crippen LogP contribution < -0.4 is 15.4 Å². The van der Waals surface area contributed by atoms with Gasteiger partial charge in [-0.1, -0.05) is 18.2 Å². The van der Waals surface area contributed by atoms with Crippen LogP contribution in [0.15, 0.2) is 47.4 Å². The van der Waals surface area contributed by atoms with E-state index in [-0.39, 0.29) is 42.1 Å². The summed E-state index contributed by atoms with van der Waals surface area (Å²) in [5, 5.41) is 5.58. The molecular weight excluding hydrogens is 446 g/mol. The summed E-state index contributed by atoms with van der Waals surface area (Å²) in [5.74, 6) is -1.02. The zero-order chi connectivity index (χ0) is 23.6. The van der Waals surface area contributed by atoms with E-state index in [0.717, 1.165) is 0 Å². The van der Waals surface area contributed by atoms with Crippen molar-refractivity contribution in [2.75, 3.05) is 36.9 Å². The Morgan fingerprint density at radius 2 is 1.91 bits per heavy atom. The Morgan fingerprint density at radius 3 is 2.64 bits per heavy atom. The molecule has 2 aromatic rings. The summed E-state index contributed by atoms with van der Waals surface area (Å²) >= 11 is 0. The van der Waals surface area contributed by atoms with Crippen molar-refractivity contribution >= 4 is 33.2 Å². The summed E-state index contributed by atoms with van der Waals surface area (Å²) in [5.41, 5.74) is 1.54. The van der Waals surface area contributed by atoms with Crippen molar-refractivity contribution in [3.8, 4) is 5.75 Å². The van der Waals surface area contributed by atoms with E-state index in [4.69, 9.17) is 9.47 Å². The largest absolute Gasteiger partial charge is 0.489 e. The lowest BCUT2D eigenvalue weighted by Crippen LogP contribution is -2.40. The number of carbonyl (C=O) groups excluding carboxylic acids is 2. The molecule has 1 fully saturated rings. The first-order valence-electron chi connectivity index (χ1n) is 10.8. The number of hydrogen-bond acceptors (Lipinski definition) is 6. The molecule has 33 heavy (non-hydrogen) atoms. The van der Waals surface area contributed by atoms with E-state index in [9.17, 15) is 18.0 Å². The van der Waals surface area contributed by atoms with Crippen molar-refractivity contribution < 1.29 is 27.5 Å². The molecule has 0 bridgehead atoms.